The van der Waals surface area contributed by atoms with Gasteiger partial charge in [0.2, 0.25) is 0 Å². The molecule has 1 aromatic heterocycles. The highest BCUT2D eigenvalue weighted by Crippen LogP contribution is 2.17. The molecule has 0 amide bonds. The van der Waals surface area contributed by atoms with Crippen molar-refractivity contribution in [3.8, 4) is 5.75 Å². The molecule has 1 aromatic carbocycles. The highest BCUT2D eigenvalue weighted by molar-refractivity contribution is 14.0. The van der Waals surface area contributed by atoms with E-state index in [0.717, 1.165) is 40.9 Å². The van der Waals surface area contributed by atoms with Crippen LogP contribution in [0.5, 0.6) is 5.75 Å². The molecule has 1 atom stereocenters. The van der Waals surface area contributed by atoms with Gasteiger partial charge in [0.05, 0.1) is 23.8 Å². The predicted octanol–water partition coefficient (Wildman–Crippen LogP) is 4.15. The zero-order valence-electron chi connectivity index (χ0n) is 15.9. The Bertz CT molecular complexity index is 690. The van der Waals surface area contributed by atoms with Crippen molar-refractivity contribution < 1.29 is 4.74 Å². The number of para-hydroxylation sites is 1. The lowest BCUT2D eigenvalue weighted by atomic mass is 10.2. The van der Waals surface area contributed by atoms with Gasteiger partial charge in [-0.1, -0.05) is 25.1 Å². The van der Waals surface area contributed by atoms with E-state index in [4.69, 9.17) is 4.74 Å². The second-order valence-corrected chi connectivity index (χ2v) is 6.80. The molecule has 144 valence electrons. The fraction of sp³-hybridized carbons (Fsp3) is 0.474. The van der Waals surface area contributed by atoms with Crippen molar-refractivity contribution in [2.45, 2.75) is 46.8 Å². The molecule has 0 radical (unpaired) electrons. The van der Waals surface area contributed by atoms with Gasteiger partial charge >= 0.3 is 0 Å². The molecule has 2 aromatic rings. The van der Waals surface area contributed by atoms with E-state index in [1.807, 2.05) is 18.2 Å². The number of nitrogens with one attached hydrogen (secondary N) is 2. The monoisotopic (exact) mass is 488 g/mol. The molecule has 1 heterocycles. The minimum absolute atomic E-state index is 0. The van der Waals surface area contributed by atoms with Gasteiger partial charge < -0.3 is 15.4 Å². The molecule has 5 nitrogen and oxygen atoms in total. The van der Waals surface area contributed by atoms with Crippen LogP contribution in [-0.2, 0) is 13.0 Å². The summed E-state index contributed by atoms with van der Waals surface area (Å²) in [6.07, 6.45) is 1.01. The number of aliphatic imine (C=N–C) groups is 1. The molecule has 0 fully saturated rings. The van der Waals surface area contributed by atoms with Gasteiger partial charge in [0, 0.05) is 11.9 Å². The summed E-state index contributed by atoms with van der Waals surface area (Å²) in [5.74, 6) is 1.71. The standard InChI is InChI=1S/C19H28N4OS.HI/c1-5-18-23-16(13-25-18)12-22-19(20-6-2)21-11-15(4)24-17-10-8-7-9-14(17)3;/h7-10,13,15H,5-6,11-12H2,1-4H3,(H2,20,21,22);1H. The van der Waals surface area contributed by atoms with Crippen LogP contribution in [0.2, 0.25) is 0 Å². The zero-order valence-corrected chi connectivity index (χ0v) is 19.1. The number of rotatable bonds is 8. The van der Waals surface area contributed by atoms with Gasteiger partial charge in [0.25, 0.3) is 0 Å². The van der Waals surface area contributed by atoms with Crippen LogP contribution in [0.3, 0.4) is 0 Å². The third kappa shape index (κ3) is 7.49. The van der Waals surface area contributed by atoms with Crippen molar-refractivity contribution in [2.75, 3.05) is 13.1 Å². The van der Waals surface area contributed by atoms with Crippen molar-refractivity contribution in [1.29, 1.82) is 0 Å². The number of ether oxygens (including phenoxy) is 1. The van der Waals surface area contributed by atoms with Crippen LogP contribution in [0, 0.1) is 6.92 Å². The molecule has 2 rings (SSSR count). The van der Waals surface area contributed by atoms with E-state index >= 15 is 0 Å². The maximum absolute atomic E-state index is 6.00. The molecular formula is C19H29IN4OS. The second-order valence-electron chi connectivity index (χ2n) is 5.86. The van der Waals surface area contributed by atoms with Crippen LogP contribution in [0.4, 0.5) is 0 Å². The lowest BCUT2D eigenvalue weighted by molar-refractivity contribution is 0.222. The number of aryl methyl sites for hydroxylation is 2. The van der Waals surface area contributed by atoms with E-state index in [2.05, 4.69) is 59.8 Å². The van der Waals surface area contributed by atoms with Gasteiger partial charge in [-0.3, -0.25) is 0 Å². The van der Waals surface area contributed by atoms with Crippen molar-refractivity contribution in [1.82, 2.24) is 15.6 Å². The van der Waals surface area contributed by atoms with Crippen LogP contribution >= 0.6 is 35.3 Å². The highest BCUT2D eigenvalue weighted by Gasteiger charge is 2.07. The minimum atomic E-state index is 0. The molecule has 0 saturated heterocycles. The van der Waals surface area contributed by atoms with E-state index in [-0.39, 0.29) is 30.1 Å². The van der Waals surface area contributed by atoms with Crippen LogP contribution in [0.1, 0.15) is 37.0 Å². The van der Waals surface area contributed by atoms with Gasteiger partial charge in [0.15, 0.2) is 5.96 Å². The second kappa shape index (κ2) is 12.1. The number of nitrogens with zero attached hydrogens (tertiary/aromatic N) is 2. The summed E-state index contributed by atoms with van der Waals surface area (Å²) in [7, 11) is 0. The first kappa shape index (κ1) is 22.7. The van der Waals surface area contributed by atoms with Crippen LogP contribution in [0.15, 0.2) is 34.6 Å². The Hall–Kier alpha value is -1.35. The number of benzene rings is 1. The number of halogens is 1. The first-order chi connectivity index (χ1) is 12.1. The summed E-state index contributed by atoms with van der Waals surface area (Å²) >= 11 is 1.69. The number of hydrogen-bond acceptors (Lipinski definition) is 4. The van der Waals surface area contributed by atoms with Crippen LogP contribution in [0.25, 0.3) is 0 Å². The number of thiazole rings is 1. The molecule has 0 aliphatic rings. The fourth-order valence-electron chi connectivity index (χ4n) is 2.27. The van der Waals surface area contributed by atoms with Gasteiger partial charge in [-0.15, -0.1) is 35.3 Å². The van der Waals surface area contributed by atoms with Crippen molar-refractivity contribution in [2.24, 2.45) is 4.99 Å². The Labute approximate surface area is 177 Å². The van der Waals surface area contributed by atoms with Crippen molar-refractivity contribution in [3.63, 3.8) is 0 Å². The van der Waals surface area contributed by atoms with Crippen LogP contribution in [-0.4, -0.2) is 30.1 Å². The normalized spacial score (nSPS) is 12.2. The highest BCUT2D eigenvalue weighted by atomic mass is 127. The average Bonchev–Trinajstić information content (AvgIpc) is 3.07. The molecular weight excluding hydrogens is 459 g/mol. The Morgan fingerprint density at radius 2 is 2.04 bits per heavy atom. The molecule has 1 unspecified atom stereocenters. The third-order valence-electron chi connectivity index (χ3n) is 3.62. The molecule has 26 heavy (non-hydrogen) atoms. The number of guanidine groups is 1. The Kier molecular flexibility index (Phi) is 10.6. The largest absolute Gasteiger partial charge is 0.489 e. The summed E-state index contributed by atoms with van der Waals surface area (Å²) in [6.45, 7) is 10.4. The first-order valence-electron chi connectivity index (χ1n) is 8.80. The third-order valence-corrected chi connectivity index (χ3v) is 4.67. The van der Waals surface area contributed by atoms with Gasteiger partial charge in [0.1, 0.15) is 11.9 Å². The molecule has 0 spiro atoms. The van der Waals surface area contributed by atoms with Crippen LogP contribution < -0.4 is 15.4 Å². The lowest BCUT2D eigenvalue weighted by Crippen LogP contribution is -2.41. The summed E-state index contributed by atoms with van der Waals surface area (Å²) in [6, 6.07) is 8.06. The maximum Gasteiger partial charge on any atom is 0.191 e. The molecule has 0 saturated carbocycles. The Balaban J connectivity index is 0.00000338. The molecule has 0 aliphatic carbocycles. The Morgan fingerprint density at radius 1 is 1.27 bits per heavy atom. The van der Waals surface area contributed by atoms with Gasteiger partial charge in [-0.25, -0.2) is 9.98 Å². The minimum Gasteiger partial charge on any atom is -0.489 e. The summed E-state index contributed by atoms with van der Waals surface area (Å²) in [5.41, 5.74) is 2.16. The fourth-order valence-corrected chi connectivity index (χ4v) is 3.01. The number of hydrogen-bond donors (Lipinski definition) is 2. The van der Waals surface area contributed by atoms with E-state index in [1.165, 1.54) is 0 Å². The lowest BCUT2D eigenvalue weighted by Gasteiger charge is -2.18. The summed E-state index contributed by atoms with van der Waals surface area (Å²) < 4.78 is 6.00. The van der Waals surface area contributed by atoms with E-state index in [9.17, 15) is 0 Å². The zero-order chi connectivity index (χ0) is 18.1. The van der Waals surface area contributed by atoms with Gasteiger partial charge in [-0.05, 0) is 38.8 Å². The Morgan fingerprint density at radius 3 is 2.69 bits per heavy atom. The average molecular weight is 488 g/mol. The maximum atomic E-state index is 6.00. The molecule has 0 aliphatic heterocycles. The van der Waals surface area contributed by atoms with E-state index < -0.39 is 0 Å². The topological polar surface area (TPSA) is 58.5 Å². The summed E-state index contributed by atoms with van der Waals surface area (Å²) in [5, 5.41) is 9.84. The molecule has 2 N–H and O–H groups in total. The van der Waals surface area contributed by atoms with Crippen molar-refractivity contribution >= 4 is 41.3 Å². The SMILES string of the molecule is CCNC(=NCc1csc(CC)n1)NCC(C)Oc1ccccc1C.I. The summed E-state index contributed by atoms with van der Waals surface area (Å²) in [4.78, 5) is 9.16. The quantitative estimate of drug-likeness (QED) is 0.333. The van der Waals surface area contributed by atoms with E-state index in [1.54, 1.807) is 11.3 Å². The van der Waals surface area contributed by atoms with Gasteiger partial charge in [-0.2, -0.15) is 0 Å². The predicted molar refractivity (Wildman–Crippen MR) is 121 cm³/mol. The number of aromatic nitrogens is 1. The smallest absolute Gasteiger partial charge is 0.191 e. The molecule has 0 bridgehead atoms. The van der Waals surface area contributed by atoms with E-state index in [0.29, 0.717) is 13.1 Å². The molecule has 7 heteroatoms. The first-order valence-corrected chi connectivity index (χ1v) is 9.68. The van der Waals surface area contributed by atoms with Crippen molar-refractivity contribution in [3.05, 3.63) is 45.9 Å².